The number of rotatable bonds is 0. The second-order valence-corrected chi connectivity index (χ2v) is 8.13. The summed E-state index contributed by atoms with van der Waals surface area (Å²) in [6, 6.07) is 0. The Balaban J connectivity index is 0.000000136. The van der Waals surface area contributed by atoms with Crippen molar-refractivity contribution in [1.82, 2.24) is 0 Å². The molecule has 0 amide bonds. The molecule has 2 heterocycles. The van der Waals surface area contributed by atoms with Crippen molar-refractivity contribution in [3.8, 4) is 0 Å². The Morgan fingerprint density at radius 3 is 2.52 bits per heavy atom. The Morgan fingerprint density at radius 1 is 0.957 bits per heavy atom. The smallest absolute Gasteiger partial charge is 0.308 e. The average molecular weight is 320 g/mol. The topological polar surface area (TPSA) is 35.5 Å². The summed E-state index contributed by atoms with van der Waals surface area (Å²) in [6.07, 6.45) is 11.9. The van der Waals surface area contributed by atoms with E-state index >= 15 is 0 Å². The minimum absolute atomic E-state index is 0.0214. The van der Waals surface area contributed by atoms with E-state index in [0.29, 0.717) is 12.0 Å². The first kappa shape index (κ1) is 16.9. The van der Waals surface area contributed by atoms with E-state index in [9.17, 15) is 4.79 Å². The van der Waals surface area contributed by atoms with E-state index < -0.39 is 0 Å². The van der Waals surface area contributed by atoms with Gasteiger partial charge in [0.1, 0.15) is 12.2 Å². The molecule has 0 radical (unpaired) electrons. The van der Waals surface area contributed by atoms with Gasteiger partial charge in [-0.3, -0.25) is 4.79 Å². The van der Waals surface area contributed by atoms with Crippen molar-refractivity contribution in [1.29, 1.82) is 0 Å². The number of ether oxygens (including phenoxy) is 2. The molecule has 130 valence electrons. The summed E-state index contributed by atoms with van der Waals surface area (Å²) in [5.41, 5.74) is 0. The van der Waals surface area contributed by atoms with Gasteiger partial charge in [-0.15, -0.1) is 0 Å². The molecular formula is C20H32O3. The monoisotopic (exact) mass is 320 g/mol. The summed E-state index contributed by atoms with van der Waals surface area (Å²) in [7, 11) is 0. The van der Waals surface area contributed by atoms with Crippen LogP contribution in [-0.2, 0) is 14.3 Å². The first-order valence-corrected chi connectivity index (χ1v) is 9.59. The number of carbonyl (C=O) groups excluding carboxylic acids is 1. The summed E-state index contributed by atoms with van der Waals surface area (Å²) < 4.78 is 11.0. The van der Waals surface area contributed by atoms with E-state index in [2.05, 4.69) is 13.5 Å². The minimum Gasteiger partial charge on any atom is -0.495 e. The SMILES string of the molecule is C=C1CC(C)C2CCCCC2O1.CC1CC2CCCC2OC1=O. The molecule has 2 aliphatic heterocycles. The Labute approximate surface area is 140 Å². The lowest BCUT2D eigenvalue weighted by Gasteiger charge is -2.40. The second-order valence-electron chi connectivity index (χ2n) is 8.13. The highest BCUT2D eigenvalue weighted by atomic mass is 16.5. The van der Waals surface area contributed by atoms with E-state index in [1.54, 1.807) is 0 Å². The van der Waals surface area contributed by atoms with Crippen LogP contribution in [0.5, 0.6) is 0 Å². The van der Waals surface area contributed by atoms with Gasteiger partial charge < -0.3 is 9.47 Å². The van der Waals surface area contributed by atoms with Crippen molar-refractivity contribution in [2.24, 2.45) is 23.7 Å². The van der Waals surface area contributed by atoms with Crippen molar-refractivity contribution in [2.75, 3.05) is 0 Å². The first-order chi connectivity index (χ1) is 11.0. The fourth-order valence-corrected chi connectivity index (χ4v) is 4.94. The van der Waals surface area contributed by atoms with Gasteiger partial charge in [0.2, 0.25) is 0 Å². The number of allylic oxidation sites excluding steroid dienone is 1. The lowest BCUT2D eigenvalue weighted by Crippen LogP contribution is -2.36. The van der Waals surface area contributed by atoms with Crippen molar-refractivity contribution in [2.45, 2.75) is 83.8 Å². The fraction of sp³-hybridized carbons (Fsp3) is 0.850. The van der Waals surface area contributed by atoms with Gasteiger partial charge in [0.05, 0.1) is 11.7 Å². The van der Waals surface area contributed by atoms with Crippen LogP contribution in [0.15, 0.2) is 12.3 Å². The molecule has 0 N–H and O–H groups in total. The molecule has 4 rings (SSSR count). The number of fused-ring (bicyclic) bond motifs is 2. The third kappa shape index (κ3) is 3.92. The molecular weight excluding hydrogens is 288 g/mol. The van der Waals surface area contributed by atoms with E-state index in [-0.39, 0.29) is 18.0 Å². The Hall–Kier alpha value is -0.990. The maximum atomic E-state index is 11.1. The number of hydrogen-bond acceptors (Lipinski definition) is 3. The van der Waals surface area contributed by atoms with Gasteiger partial charge in [-0.05, 0) is 62.7 Å². The quantitative estimate of drug-likeness (QED) is 0.598. The van der Waals surface area contributed by atoms with Crippen molar-refractivity contribution in [3.05, 3.63) is 12.3 Å². The van der Waals surface area contributed by atoms with Crippen LogP contribution in [0.25, 0.3) is 0 Å². The summed E-state index contributed by atoms with van der Waals surface area (Å²) in [5.74, 6) is 3.50. The number of esters is 1. The molecule has 0 bridgehead atoms. The van der Waals surface area contributed by atoms with E-state index in [0.717, 1.165) is 36.9 Å². The van der Waals surface area contributed by atoms with Crippen LogP contribution < -0.4 is 0 Å². The minimum atomic E-state index is 0.0214. The number of carbonyl (C=O) groups is 1. The molecule has 2 saturated carbocycles. The van der Waals surface area contributed by atoms with Gasteiger partial charge in [-0.2, -0.15) is 0 Å². The number of hydrogen-bond donors (Lipinski definition) is 0. The van der Waals surface area contributed by atoms with Crippen molar-refractivity contribution in [3.63, 3.8) is 0 Å². The highest BCUT2D eigenvalue weighted by molar-refractivity contribution is 5.73. The standard InChI is InChI=1S/C11H18O.C9H14O2/c1-8-7-9(2)12-11-6-4-3-5-10(8)11;1-6-5-7-3-2-4-8(7)11-9(6)10/h8,10-11H,2-7H2,1H3;6-8H,2-5H2,1H3. The van der Waals surface area contributed by atoms with E-state index in [1.165, 1.54) is 38.5 Å². The van der Waals surface area contributed by atoms with Gasteiger partial charge in [-0.25, -0.2) is 0 Å². The normalized spacial score (nSPS) is 42.5. The summed E-state index contributed by atoms with van der Waals surface area (Å²) >= 11 is 0. The van der Waals surface area contributed by atoms with Gasteiger partial charge in [0, 0.05) is 6.42 Å². The molecule has 0 aromatic heterocycles. The molecule has 6 atom stereocenters. The molecule has 3 nitrogen and oxygen atoms in total. The van der Waals surface area contributed by atoms with Gasteiger partial charge in [-0.1, -0.05) is 26.8 Å². The maximum Gasteiger partial charge on any atom is 0.308 e. The second kappa shape index (κ2) is 7.27. The highest BCUT2D eigenvalue weighted by Crippen LogP contribution is 2.40. The molecule has 0 aromatic carbocycles. The average Bonchev–Trinajstić information content (AvgIpc) is 2.95. The lowest BCUT2D eigenvalue weighted by atomic mass is 9.75. The lowest BCUT2D eigenvalue weighted by molar-refractivity contribution is -0.162. The zero-order chi connectivity index (χ0) is 16.4. The third-order valence-electron chi connectivity index (χ3n) is 6.27. The summed E-state index contributed by atoms with van der Waals surface area (Å²) in [6.45, 7) is 8.25. The van der Waals surface area contributed by atoms with Gasteiger partial charge in [0.15, 0.2) is 0 Å². The highest BCUT2D eigenvalue weighted by Gasteiger charge is 2.38. The fourth-order valence-electron chi connectivity index (χ4n) is 4.94. The molecule has 23 heavy (non-hydrogen) atoms. The Kier molecular flexibility index (Phi) is 5.33. The molecule has 0 spiro atoms. The van der Waals surface area contributed by atoms with Crippen LogP contribution in [0.3, 0.4) is 0 Å². The summed E-state index contributed by atoms with van der Waals surface area (Å²) in [5, 5.41) is 0. The van der Waals surface area contributed by atoms with Crippen molar-refractivity contribution < 1.29 is 14.3 Å². The molecule has 6 unspecified atom stereocenters. The molecule has 2 saturated heterocycles. The largest absolute Gasteiger partial charge is 0.495 e. The van der Waals surface area contributed by atoms with Gasteiger partial charge in [0.25, 0.3) is 0 Å². The molecule has 2 aliphatic carbocycles. The molecule has 4 aliphatic rings. The Morgan fingerprint density at radius 2 is 1.70 bits per heavy atom. The zero-order valence-corrected chi connectivity index (χ0v) is 14.8. The predicted octanol–water partition coefficient (Wildman–Crippen LogP) is 4.85. The van der Waals surface area contributed by atoms with E-state index in [1.807, 2.05) is 6.92 Å². The Bertz CT molecular complexity index is 444. The maximum absolute atomic E-state index is 11.1. The van der Waals surface area contributed by atoms with Crippen LogP contribution in [0, 0.1) is 23.7 Å². The summed E-state index contributed by atoms with van der Waals surface area (Å²) in [4.78, 5) is 11.1. The van der Waals surface area contributed by atoms with Crippen LogP contribution in [-0.4, -0.2) is 18.2 Å². The molecule has 3 heteroatoms. The van der Waals surface area contributed by atoms with Crippen LogP contribution in [0.2, 0.25) is 0 Å². The van der Waals surface area contributed by atoms with Crippen molar-refractivity contribution >= 4 is 5.97 Å². The third-order valence-corrected chi connectivity index (χ3v) is 6.27. The molecule has 4 fully saturated rings. The van der Waals surface area contributed by atoms with Crippen LogP contribution >= 0.6 is 0 Å². The first-order valence-electron chi connectivity index (χ1n) is 9.59. The van der Waals surface area contributed by atoms with Crippen LogP contribution in [0.1, 0.15) is 71.6 Å². The predicted molar refractivity (Wildman–Crippen MR) is 90.8 cm³/mol. The molecule has 0 aromatic rings. The van der Waals surface area contributed by atoms with Gasteiger partial charge >= 0.3 is 5.97 Å². The van der Waals surface area contributed by atoms with Crippen LogP contribution in [0.4, 0.5) is 0 Å². The zero-order valence-electron chi connectivity index (χ0n) is 14.8. The van der Waals surface area contributed by atoms with E-state index in [4.69, 9.17) is 9.47 Å².